The lowest BCUT2D eigenvalue weighted by atomic mass is 9.99. The molecule has 0 saturated carbocycles. The summed E-state index contributed by atoms with van der Waals surface area (Å²) < 4.78 is 32.6. The summed E-state index contributed by atoms with van der Waals surface area (Å²) in [5.41, 5.74) is -0.270. The van der Waals surface area contributed by atoms with Crippen LogP contribution in [0.4, 0.5) is 0 Å². The smallest absolute Gasteiger partial charge is 0.250 e. The van der Waals surface area contributed by atoms with E-state index < -0.39 is 10.0 Å². The van der Waals surface area contributed by atoms with Crippen molar-refractivity contribution in [3.8, 4) is 0 Å². The largest absolute Gasteiger partial charge is 0.383 e. The van der Waals surface area contributed by atoms with Gasteiger partial charge < -0.3 is 10.1 Å². The van der Waals surface area contributed by atoms with Gasteiger partial charge in [-0.1, -0.05) is 0 Å². The van der Waals surface area contributed by atoms with Crippen molar-refractivity contribution in [2.24, 2.45) is 0 Å². The van der Waals surface area contributed by atoms with Crippen LogP contribution in [0.25, 0.3) is 0 Å². The van der Waals surface area contributed by atoms with Gasteiger partial charge in [0.25, 0.3) is 0 Å². The number of thiophene rings is 1. The van der Waals surface area contributed by atoms with Gasteiger partial charge in [0.15, 0.2) is 0 Å². The zero-order valence-corrected chi connectivity index (χ0v) is 14.1. The Morgan fingerprint density at radius 2 is 2.25 bits per heavy atom. The summed E-state index contributed by atoms with van der Waals surface area (Å²) in [5.74, 6) is 0. The predicted molar refractivity (Wildman–Crippen MR) is 83.3 cm³/mol. The van der Waals surface area contributed by atoms with E-state index in [0.29, 0.717) is 17.4 Å². The fourth-order valence-corrected chi connectivity index (χ4v) is 4.79. The molecule has 2 N–H and O–H groups in total. The maximum absolute atomic E-state index is 12.2. The van der Waals surface area contributed by atoms with E-state index in [1.165, 1.54) is 11.3 Å². The standard InChI is InChI=1S/C12H20N2O3S2.ClH/c1-10-4-5-11(18-10)19(15,16)14-8-12(9-17-2)6-3-7-13-12;/h4-5,13-14H,3,6-9H2,1-2H3;1H. The van der Waals surface area contributed by atoms with Crippen LogP contribution >= 0.6 is 23.7 Å². The quantitative estimate of drug-likeness (QED) is 0.824. The number of hydrogen-bond donors (Lipinski definition) is 2. The maximum atomic E-state index is 12.2. The minimum atomic E-state index is -3.41. The molecular formula is C12H21ClN2O3S2. The van der Waals surface area contributed by atoms with Crippen LogP contribution in [0.2, 0.25) is 0 Å². The van der Waals surface area contributed by atoms with Crippen molar-refractivity contribution >= 4 is 33.8 Å². The Hall–Kier alpha value is -0.180. The molecule has 2 heterocycles. The highest BCUT2D eigenvalue weighted by Crippen LogP contribution is 2.23. The SMILES string of the molecule is COCC1(CNS(=O)(=O)c2ccc(C)s2)CCCN1.Cl. The summed E-state index contributed by atoms with van der Waals surface area (Å²) in [5, 5.41) is 3.35. The normalized spacial score (nSPS) is 22.7. The van der Waals surface area contributed by atoms with Crippen molar-refractivity contribution in [1.82, 2.24) is 10.0 Å². The Labute approximate surface area is 130 Å². The van der Waals surface area contributed by atoms with E-state index in [1.54, 1.807) is 13.2 Å². The summed E-state index contributed by atoms with van der Waals surface area (Å²) in [7, 11) is -1.77. The van der Waals surface area contributed by atoms with Crippen LogP contribution in [0, 0.1) is 6.92 Å². The Morgan fingerprint density at radius 1 is 1.50 bits per heavy atom. The van der Waals surface area contributed by atoms with Gasteiger partial charge in [0.2, 0.25) is 10.0 Å². The molecule has 1 unspecified atom stereocenters. The van der Waals surface area contributed by atoms with Crippen LogP contribution in [-0.2, 0) is 14.8 Å². The number of aryl methyl sites for hydroxylation is 1. The molecule has 0 aliphatic carbocycles. The van der Waals surface area contributed by atoms with Crippen LogP contribution < -0.4 is 10.0 Å². The minimum Gasteiger partial charge on any atom is -0.383 e. The van der Waals surface area contributed by atoms with E-state index in [-0.39, 0.29) is 17.9 Å². The fourth-order valence-electron chi connectivity index (χ4n) is 2.33. The molecule has 1 aromatic heterocycles. The lowest BCUT2D eigenvalue weighted by Crippen LogP contribution is -2.52. The second kappa shape index (κ2) is 7.20. The van der Waals surface area contributed by atoms with E-state index in [2.05, 4.69) is 10.0 Å². The molecule has 2 rings (SSSR count). The number of hydrogen-bond acceptors (Lipinski definition) is 5. The summed E-state index contributed by atoms with van der Waals surface area (Å²) >= 11 is 1.29. The Kier molecular flexibility index (Phi) is 6.43. The van der Waals surface area contributed by atoms with Gasteiger partial charge in [0.05, 0.1) is 12.1 Å². The number of methoxy groups -OCH3 is 1. The third-order valence-corrected chi connectivity index (χ3v) is 6.23. The Balaban J connectivity index is 0.00000200. The van der Waals surface area contributed by atoms with Gasteiger partial charge >= 0.3 is 0 Å². The third kappa shape index (κ3) is 4.16. The van der Waals surface area contributed by atoms with Gasteiger partial charge in [0.1, 0.15) is 4.21 Å². The van der Waals surface area contributed by atoms with E-state index >= 15 is 0 Å². The summed E-state index contributed by atoms with van der Waals surface area (Å²) in [6.07, 6.45) is 1.97. The minimum absolute atomic E-state index is 0. The highest BCUT2D eigenvalue weighted by atomic mass is 35.5. The van der Waals surface area contributed by atoms with E-state index in [4.69, 9.17) is 4.74 Å². The number of ether oxygens (including phenoxy) is 1. The third-order valence-electron chi connectivity index (χ3n) is 3.33. The molecule has 1 aliphatic heterocycles. The molecule has 0 amide bonds. The number of nitrogens with one attached hydrogen (secondary N) is 2. The van der Waals surface area contributed by atoms with Crippen molar-refractivity contribution in [3.63, 3.8) is 0 Å². The van der Waals surface area contributed by atoms with Crippen molar-refractivity contribution in [3.05, 3.63) is 17.0 Å². The molecule has 1 atom stereocenters. The van der Waals surface area contributed by atoms with E-state index in [1.807, 2.05) is 13.0 Å². The van der Waals surface area contributed by atoms with E-state index in [0.717, 1.165) is 24.3 Å². The average Bonchev–Trinajstić information content (AvgIpc) is 2.98. The molecule has 20 heavy (non-hydrogen) atoms. The molecular weight excluding hydrogens is 320 g/mol. The first-order chi connectivity index (χ1) is 8.97. The van der Waals surface area contributed by atoms with Crippen molar-refractivity contribution in [2.45, 2.75) is 29.5 Å². The number of rotatable bonds is 6. The topological polar surface area (TPSA) is 67.4 Å². The Morgan fingerprint density at radius 3 is 2.75 bits per heavy atom. The molecule has 1 saturated heterocycles. The molecule has 0 aromatic carbocycles. The zero-order valence-electron chi connectivity index (χ0n) is 11.6. The summed E-state index contributed by atoms with van der Waals surface area (Å²) in [4.78, 5) is 0.992. The lowest BCUT2D eigenvalue weighted by Gasteiger charge is -2.28. The van der Waals surface area contributed by atoms with Crippen LogP contribution in [0.1, 0.15) is 17.7 Å². The van der Waals surface area contributed by atoms with Crippen molar-refractivity contribution in [2.75, 3.05) is 26.8 Å². The van der Waals surface area contributed by atoms with Gasteiger partial charge in [-0.15, -0.1) is 23.7 Å². The summed E-state index contributed by atoms with van der Waals surface area (Å²) in [6, 6.07) is 3.46. The van der Waals surface area contributed by atoms with Crippen LogP contribution in [0.5, 0.6) is 0 Å². The monoisotopic (exact) mass is 340 g/mol. The second-order valence-corrected chi connectivity index (χ2v) is 8.21. The van der Waals surface area contributed by atoms with Crippen LogP contribution in [0.15, 0.2) is 16.3 Å². The molecule has 5 nitrogen and oxygen atoms in total. The van der Waals surface area contributed by atoms with Crippen LogP contribution in [0.3, 0.4) is 0 Å². The highest BCUT2D eigenvalue weighted by molar-refractivity contribution is 7.91. The van der Waals surface area contributed by atoms with Gasteiger partial charge in [-0.2, -0.15) is 0 Å². The molecule has 116 valence electrons. The lowest BCUT2D eigenvalue weighted by molar-refractivity contribution is 0.122. The fraction of sp³-hybridized carbons (Fsp3) is 0.667. The van der Waals surface area contributed by atoms with Gasteiger partial charge in [-0.05, 0) is 38.4 Å². The molecule has 1 aliphatic rings. The predicted octanol–water partition coefficient (Wildman–Crippen LogP) is 1.53. The Bertz CT molecular complexity index is 525. The van der Waals surface area contributed by atoms with Crippen molar-refractivity contribution < 1.29 is 13.2 Å². The maximum Gasteiger partial charge on any atom is 0.250 e. The molecule has 0 spiro atoms. The molecule has 0 bridgehead atoms. The second-order valence-electron chi connectivity index (χ2n) is 4.93. The molecule has 0 radical (unpaired) electrons. The zero-order chi connectivity index (χ0) is 13.9. The first-order valence-electron chi connectivity index (χ1n) is 6.28. The average molecular weight is 341 g/mol. The van der Waals surface area contributed by atoms with Crippen LogP contribution in [-0.4, -0.2) is 40.8 Å². The van der Waals surface area contributed by atoms with Gasteiger partial charge in [-0.25, -0.2) is 13.1 Å². The van der Waals surface area contributed by atoms with Gasteiger partial charge in [-0.3, -0.25) is 0 Å². The first-order valence-corrected chi connectivity index (χ1v) is 8.57. The first kappa shape index (κ1) is 17.9. The molecule has 1 aromatic rings. The van der Waals surface area contributed by atoms with Crippen molar-refractivity contribution in [1.29, 1.82) is 0 Å². The van der Waals surface area contributed by atoms with Gasteiger partial charge in [0, 0.05) is 18.5 Å². The molecule has 8 heteroatoms. The summed E-state index contributed by atoms with van der Waals surface area (Å²) in [6.45, 7) is 3.68. The highest BCUT2D eigenvalue weighted by Gasteiger charge is 2.34. The number of sulfonamides is 1. The van der Waals surface area contributed by atoms with E-state index in [9.17, 15) is 8.42 Å². The number of halogens is 1. The molecule has 1 fully saturated rings.